The first kappa shape index (κ1) is 16.6. The van der Waals surface area contributed by atoms with E-state index in [2.05, 4.69) is 6.07 Å². The number of hydrogen-bond donors (Lipinski definition) is 0. The Kier molecular flexibility index (Phi) is 10.1. The minimum Gasteiger partial charge on any atom is -1.00 e. The van der Waals surface area contributed by atoms with Crippen LogP contribution in [0.4, 0.5) is 4.39 Å². The van der Waals surface area contributed by atoms with Crippen molar-refractivity contribution in [2.75, 3.05) is 6.61 Å². The molecular weight excluding hydrogens is 259 g/mol. The van der Waals surface area contributed by atoms with Crippen LogP contribution in [0.2, 0.25) is 0 Å². The number of rotatable bonds is 3. The Hall–Kier alpha value is 0.196. The van der Waals surface area contributed by atoms with Crippen LogP contribution in [-0.2, 0) is 0 Å². The molecule has 0 saturated carbocycles. The van der Waals surface area contributed by atoms with E-state index < -0.39 is 0 Å². The Labute approximate surface area is 111 Å². The molecule has 0 atom stereocenters. The minimum absolute atomic E-state index is 0. The predicted octanol–water partition coefficient (Wildman–Crippen LogP) is -0.716. The summed E-state index contributed by atoms with van der Waals surface area (Å²) in [7, 11) is 0. The molecule has 0 spiro atoms. The molecule has 0 aliphatic rings. The van der Waals surface area contributed by atoms with E-state index in [9.17, 15) is 4.39 Å². The van der Waals surface area contributed by atoms with E-state index in [1.165, 1.54) is 18.2 Å². The van der Waals surface area contributed by atoms with Crippen molar-refractivity contribution >= 4 is 23.1 Å². The summed E-state index contributed by atoms with van der Waals surface area (Å²) in [6.45, 7) is 4.57. The number of hydrogen-bond acceptors (Lipinski definition) is 1. The van der Waals surface area contributed by atoms with Gasteiger partial charge in [0.1, 0.15) is 0 Å². The maximum Gasteiger partial charge on any atom is 2.00 e. The van der Waals surface area contributed by atoms with Crippen LogP contribution < -0.4 is 21.7 Å². The molecule has 0 aliphatic heterocycles. The third kappa shape index (κ3) is 5.83. The van der Waals surface area contributed by atoms with Crippen LogP contribution >= 0.6 is 0 Å². The predicted molar refractivity (Wildman–Crippen MR) is 51.3 cm³/mol. The zero-order valence-electron chi connectivity index (χ0n) is 8.39. The molecule has 1 nitrogen and oxygen atoms in total. The summed E-state index contributed by atoms with van der Waals surface area (Å²) in [4.78, 5) is 0. The van der Waals surface area contributed by atoms with Gasteiger partial charge in [0, 0.05) is 5.75 Å². The second kappa shape index (κ2) is 8.50. The van der Waals surface area contributed by atoms with E-state index in [1.54, 1.807) is 0 Å². The van der Waals surface area contributed by atoms with E-state index in [0.717, 1.165) is 0 Å². The monoisotopic (exact) mass is 270 g/mol. The summed E-state index contributed by atoms with van der Waals surface area (Å²) in [6, 6.07) is 7.14. The van der Waals surface area contributed by atoms with Gasteiger partial charge in [-0.25, -0.2) is 4.39 Å². The van der Waals surface area contributed by atoms with E-state index in [-0.39, 0.29) is 51.6 Å². The van der Waals surface area contributed by atoms with Gasteiger partial charge in [0.25, 0.3) is 0 Å². The maximum absolute atomic E-state index is 12.9. The first-order valence-electron chi connectivity index (χ1n) is 3.98. The molecule has 1 rings (SSSR count). The fourth-order valence-corrected chi connectivity index (χ4v) is 0.763. The van der Waals surface area contributed by atoms with Gasteiger partial charge in [-0.3, -0.25) is 0 Å². The average Bonchev–Trinajstić information content (AvgIpc) is 2.03. The van der Waals surface area contributed by atoms with E-state index in [0.29, 0.717) is 12.5 Å². The molecule has 0 unspecified atom stereocenters. The van der Waals surface area contributed by atoms with Crippen LogP contribution in [0.25, 0.3) is 0 Å². The van der Waals surface area contributed by atoms with Gasteiger partial charge in [-0.2, -0.15) is 12.1 Å². The quantitative estimate of drug-likeness (QED) is 0.521. The van der Waals surface area contributed by atoms with Gasteiger partial charge in [-0.1, -0.05) is 13.8 Å². The van der Waals surface area contributed by atoms with Crippen molar-refractivity contribution in [3.05, 3.63) is 30.1 Å². The van der Waals surface area contributed by atoms with Gasteiger partial charge in [-0.15, -0.1) is 12.1 Å². The van der Waals surface area contributed by atoms with Gasteiger partial charge in [-0.05, 0) is 5.92 Å². The number of halogens is 2. The van der Waals surface area contributed by atoms with Crippen LogP contribution in [0.15, 0.2) is 18.2 Å². The minimum atomic E-state index is -0.325. The summed E-state index contributed by atoms with van der Waals surface area (Å²) in [5, 5.41) is 0. The van der Waals surface area contributed by atoms with Gasteiger partial charge in [0.05, 0.1) is 12.4 Å². The molecule has 1 aromatic carbocycles. The fourth-order valence-electron chi connectivity index (χ4n) is 0.763. The molecule has 0 amide bonds. The first-order chi connectivity index (χ1) is 5.70. The Balaban J connectivity index is 0. The molecule has 0 fully saturated rings. The van der Waals surface area contributed by atoms with Crippen LogP contribution in [0.5, 0.6) is 5.75 Å². The smallest absolute Gasteiger partial charge is 1.00 e. The van der Waals surface area contributed by atoms with E-state index in [4.69, 9.17) is 4.74 Å². The molecule has 0 bridgehead atoms. The van der Waals surface area contributed by atoms with Crippen molar-refractivity contribution in [3.63, 3.8) is 0 Å². The Morgan fingerprint density at radius 2 is 2.14 bits per heavy atom. The largest absolute Gasteiger partial charge is 2.00 e. The number of benzene rings is 1. The van der Waals surface area contributed by atoms with Crippen LogP contribution in [0.1, 0.15) is 13.8 Å². The van der Waals surface area contributed by atoms with Crippen LogP contribution in [0, 0.1) is 17.8 Å². The summed E-state index contributed by atoms with van der Waals surface area (Å²) < 4.78 is 18.1. The Bertz CT molecular complexity index is 256. The van der Waals surface area contributed by atoms with Crippen molar-refractivity contribution in [1.29, 1.82) is 0 Å². The zero-order chi connectivity index (χ0) is 8.97. The van der Waals surface area contributed by atoms with E-state index in [1.807, 2.05) is 13.8 Å². The van der Waals surface area contributed by atoms with Crippen molar-refractivity contribution in [1.82, 2.24) is 0 Å². The average molecular weight is 271 g/mol. The Morgan fingerprint density at radius 1 is 1.50 bits per heavy atom. The summed E-state index contributed by atoms with van der Waals surface area (Å²) >= 11 is 0. The van der Waals surface area contributed by atoms with Crippen LogP contribution in [0.3, 0.4) is 0 Å². The first-order valence-corrected chi connectivity index (χ1v) is 3.98. The third-order valence-corrected chi connectivity index (χ3v) is 1.35. The summed E-state index contributed by atoms with van der Waals surface area (Å²) in [5.41, 5.74) is 0. The third-order valence-electron chi connectivity index (χ3n) is 1.35. The SMILES string of the molecule is CC(C)COc1c[c-]ccc1F.[Br-].[Mg+2]. The van der Waals surface area contributed by atoms with E-state index >= 15 is 0 Å². The molecule has 74 valence electrons. The van der Waals surface area contributed by atoms with Gasteiger partial charge < -0.3 is 21.7 Å². The normalized spacial score (nSPS) is 8.86. The van der Waals surface area contributed by atoms with Crippen molar-refractivity contribution in [2.24, 2.45) is 5.92 Å². The van der Waals surface area contributed by atoms with Crippen molar-refractivity contribution < 1.29 is 26.1 Å². The topological polar surface area (TPSA) is 9.23 Å². The maximum atomic E-state index is 12.9. The van der Waals surface area contributed by atoms with Crippen molar-refractivity contribution in [2.45, 2.75) is 13.8 Å². The van der Waals surface area contributed by atoms with Crippen LogP contribution in [-0.4, -0.2) is 29.7 Å². The summed E-state index contributed by atoms with van der Waals surface area (Å²) in [6.07, 6.45) is 0. The molecular formula is C10H12BrFMgO. The fraction of sp³-hybridized carbons (Fsp3) is 0.400. The zero-order valence-corrected chi connectivity index (χ0v) is 11.4. The second-order valence-electron chi connectivity index (χ2n) is 3.06. The molecule has 0 aliphatic carbocycles. The second-order valence-corrected chi connectivity index (χ2v) is 3.06. The standard InChI is InChI=1S/C10H12FO.BrH.Mg/c1-8(2)7-12-10-6-4-3-5-9(10)11;;/h3,5-6,8H,7H2,1-2H3;1H;/q-1;;+2/p-1. The molecule has 0 saturated heterocycles. The molecule has 1 aromatic rings. The Morgan fingerprint density at radius 3 is 2.64 bits per heavy atom. The summed E-state index contributed by atoms with van der Waals surface area (Å²) in [5.74, 6) is 0.366. The molecule has 14 heavy (non-hydrogen) atoms. The van der Waals surface area contributed by atoms with Gasteiger partial charge in [0.15, 0.2) is 0 Å². The molecule has 0 heterocycles. The molecule has 4 heteroatoms. The van der Waals surface area contributed by atoms with Gasteiger partial charge >= 0.3 is 23.1 Å². The molecule has 0 aromatic heterocycles. The number of ether oxygens (including phenoxy) is 1. The van der Waals surface area contributed by atoms with Crippen molar-refractivity contribution in [3.8, 4) is 5.75 Å². The molecule has 0 N–H and O–H groups in total. The van der Waals surface area contributed by atoms with Gasteiger partial charge in [0.2, 0.25) is 0 Å². The molecule has 0 radical (unpaired) electrons.